The summed E-state index contributed by atoms with van der Waals surface area (Å²) >= 11 is 1.61. The molecule has 0 aliphatic rings. The van der Waals surface area contributed by atoms with Crippen LogP contribution in [0.3, 0.4) is 0 Å². The zero-order chi connectivity index (χ0) is 18.6. The Morgan fingerprint density at radius 3 is 2.62 bits per heavy atom. The molecule has 0 bridgehead atoms. The zero-order valence-corrected chi connectivity index (χ0v) is 16.2. The minimum absolute atomic E-state index is 0.104. The molecule has 0 spiro atoms. The van der Waals surface area contributed by atoms with Gasteiger partial charge in [-0.2, -0.15) is 0 Å². The van der Waals surface area contributed by atoms with Gasteiger partial charge in [0.05, 0.1) is 18.5 Å². The average molecular weight is 369 g/mol. The van der Waals surface area contributed by atoms with E-state index in [-0.39, 0.29) is 17.6 Å². The fourth-order valence-corrected chi connectivity index (χ4v) is 3.49. The molecule has 0 saturated heterocycles. The number of Topliss-reactive ketones (excluding diaryl/α,β-unsaturated/α-hetero) is 1. The molecule has 0 aromatic carbocycles. The van der Waals surface area contributed by atoms with Crippen molar-refractivity contribution in [1.82, 2.24) is 15.1 Å². The van der Waals surface area contributed by atoms with Crippen LogP contribution < -0.4 is 0 Å². The Hall–Kier alpha value is -2.34. The van der Waals surface area contributed by atoms with Gasteiger partial charge in [0.15, 0.2) is 0 Å². The molecule has 0 saturated carbocycles. The van der Waals surface area contributed by atoms with Crippen LogP contribution in [0.1, 0.15) is 47.7 Å². The molecule has 3 rings (SSSR count). The van der Waals surface area contributed by atoms with Crippen molar-refractivity contribution < 1.29 is 9.32 Å². The van der Waals surface area contributed by atoms with E-state index >= 15 is 0 Å². The SMILES string of the molecule is CC(C)(C)c1cc(CC(=O)Cc2ncc(CCc3ccncc3)s2)no1. The quantitative estimate of drug-likeness (QED) is 0.630. The Bertz CT molecular complexity index is 863. The van der Waals surface area contributed by atoms with E-state index in [1.54, 1.807) is 23.7 Å². The molecule has 0 radical (unpaired) electrons. The van der Waals surface area contributed by atoms with Crippen LogP contribution in [0.25, 0.3) is 0 Å². The highest BCUT2D eigenvalue weighted by Gasteiger charge is 2.20. The van der Waals surface area contributed by atoms with E-state index in [0.717, 1.165) is 23.6 Å². The second-order valence-corrected chi connectivity index (χ2v) is 8.60. The predicted octanol–water partition coefficient (Wildman–Crippen LogP) is 3.96. The van der Waals surface area contributed by atoms with E-state index in [1.807, 2.05) is 24.4 Å². The summed E-state index contributed by atoms with van der Waals surface area (Å²) in [6.45, 7) is 6.17. The van der Waals surface area contributed by atoms with Crippen molar-refractivity contribution in [2.75, 3.05) is 0 Å². The molecule has 0 unspecified atom stereocenters. The molecule has 136 valence electrons. The van der Waals surface area contributed by atoms with E-state index in [9.17, 15) is 4.79 Å². The number of carbonyl (C=O) groups excluding carboxylic acids is 1. The topological polar surface area (TPSA) is 68.9 Å². The summed E-state index contributed by atoms with van der Waals surface area (Å²) < 4.78 is 5.34. The van der Waals surface area contributed by atoms with Gasteiger partial charge in [0.2, 0.25) is 0 Å². The second kappa shape index (κ2) is 7.91. The molecule has 0 amide bonds. The van der Waals surface area contributed by atoms with Gasteiger partial charge in [-0.15, -0.1) is 11.3 Å². The maximum atomic E-state index is 12.3. The van der Waals surface area contributed by atoms with Gasteiger partial charge in [-0.1, -0.05) is 25.9 Å². The number of hydrogen-bond acceptors (Lipinski definition) is 6. The lowest BCUT2D eigenvalue weighted by Crippen LogP contribution is -2.09. The molecule has 0 aliphatic carbocycles. The molecule has 3 aromatic heterocycles. The van der Waals surface area contributed by atoms with Crippen molar-refractivity contribution in [3.63, 3.8) is 0 Å². The summed E-state index contributed by atoms with van der Waals surface area (Å²) in [5.74, 6) is 0.904. The lowest BCUT2D eigenvalue weighted by Gasteiger charge is -2.12. The Labute approximate surface area is 157 Å². The van der Waals surface area contributed by atoms with Crippen LogP contribution in [-0.2, 0) is 35.9 Å². The smallest absolute Gasteiger partial charge is 0.145 e. The number of hydrogen-bond donors (Lipinski definition) is 0. The average Bonchev–Trinajstić information content (AvgIpc) is 3.23. The van der Waals surface area contributed by atoms with Crippen LogP contribution in [0, 0.1) is 0 Å². The predicted molar refractivity (Wildman–Crippen MR) is 101 cm³/mol. The Morgan fingerprint density at radius 2 is 1.92 bits per heavy atom. The van der Waals surface area contributed by atoms with Gasteiger partial charge in [-0.3, -0.25) is 9.78 Å². The number of aryl methyl sites for hydroxylation is 2. The molecule has 26 heavy (non-hydrogen) atoms. The molecular weight excluding hydrogens is 346 g/mol. The first-order valence-electron chi connectivity index (χ1n) is 8.70. The van der Waals surface area contributed by atoms with E-state index in [0.29, 0.717) is 12.1 Å². The van der Waals surface area contributed by atoms with Gasteiger partial charge in [0, 0.05) is 34.9 Å². The van der Waals surface area contributed by atoms with Crippen molar-refractivity contribution >= 4 is 17.1 Å². The third kappa shape index (κ3) is 5.08. The lowest BCUT2D eigenvalue weighted by atomic mass is 9.93. The van der Waals surface area contributed by atoms with Crippen LogP contribution in [0.15, 0.2) is 41.3 Å². The summed E-state index contributed by atoms with van der Waals surface area (Å²) in [5.41, 5.74) is 1.84. The molecule has 5 nitrogen and oxygen atoms in total. The van der Waals surface area contributed by atoms with Gasteiger partial charge in [0.1, 0.15) is 16.6 Å². The van der Waals surface area contributed by atoms with Gasteiger partial charge in [-0.05, 0) is 30.5 Å². The number of carbonyl (C=O) groups is 1. The molecule has 3 aromatic rings. The maximum Gasteiger partial charge on any atom is 0.145 e. The van der Waals surface area contributed by atoms with Gasteiger partial charge >= 0.3 is 0 Å². The third-order valence-electron chi connectivity index (χ3n) is 4.04. The summed E-state index contributed by atoms with van der Waals surface area (Å²) in [7, 11) is 0. The number of pyridine rings is 1. The second-order valence-electron chi connectivity index (χ2n) is 7.40. The van der Waals surface area contributed by atoms with Crippen molar-refractivity contribution in [1.29, 1.82) is 0 Å². The minimum atomic E-state index is -0.104. The van der Waals surface area contributed by atoms with Crippen molar-refractivity contribution in [3.05, 3.63) is 63.7 Å². The zero-order valence-electron chi connectivity index (χ0n) is 15.4. The van der Waals surface area contributed by atoms with Gasteiger partial charge < -0.3 is 4.52 Å². The molecule has 0 atom stereocenters. The van der Waals surface area contributed by atoms with Crippen LogP contribution in [0.5, 0.6) is 0 Å². The molecular formula is C20H23N3O2S. The van der Waals surface area contributed by atoms with Crippen LogP contribution in [0.2, 0.25) is 0 Å². The first-order valence-corrected chi connectivity index (χ1v) is 9.52. The minimum Gasteiger partial charge on any atom is -0.361 e. The van der Waals surface area contributed by atoms with E-state index < -0.39 is 0 Å². The third-order valence-corrected chi connectivity index (χ3v) is 5.09. The number of rotatable bonds is 7. The van der Waals surface area contributed by atoms with E-state index in [4.69, 9.17) is 4.52 Å². The van der Waals surface area contributed by atoms with E-state index in [2.05, 4.69) is 35.9 Å². The fourth-order valence-electron chi connectivity index (χ4n) is 2.54. The largest absolute Gasteiger partial charge is 0.361 e. The van der Waals surface area contributed by atoms with Crippen molar-refractivity contribution in [2.45, 2.75) is 51.9 Å². The number of aromatic nitrogens is 3. The number of nitrogens with zero attached hydrogens (tertiary/aromatic N) is 3. The highest BCUT2D eigenvalue weighted by molar-refractivity contribution is 7.11. The Balaban J connectivity index is 1.52. The van der Waals surface area contributed by atoms with Crippen molar-refractivity contribution in [2.24, 2.45) is 0 Å². The lowest BCUT2D eigenvalue weighted by molar-refractivity contribution is -0.117. The van der Waals surface area contributed by atoms with Crippen LogP contribution >= 0.6 is 11.3 Å². The standard InChI is InChI=1S/C20H23N3O2S/c1-20(2,3)18-11-15(23-25-18)10-16(24)12-19-22-13-17(26-19)5-4-14-6-8-21-9-7-14/h6-9,11,13H,4-5,10,12H2,1-3H3. The number of ketones is 1. The first-order chi connectivity index (χ1) is 12.4. The molecule has 6 heteroatoms. The van der Waals surface area contributed by atoms with Crippen molar-refractivity contribution in [3.8, 4) is 0 Å². The Morgan fingerprint density at radius 1 is 1.15 bits per heavy atom. The fraction of sp³-hybridized carbons (Fsp3) is 0.400. The Kier molecular flexibility index (Phi) is 5.61. The molecule has 0 aliphatic heterocycles. The van der Waals surface area contributed by atoms with Crippen LogP contribution in [-0.4, -0.2) is 20.9 Å². The van der Waals surface area contributed by atoms with Crippen LogP contribution in [0.4, 0.5) is 0 Å². The monoisotopic (exact) mass is 369 g/mol. The molecule has 0 N–H and O–H groups in total. The summed E-state index contributed by atoms with van der Waals surface area (Å²) in [6, 6.07) is 5.92. The highest BCUT2D eigenvalue weighted by Crippen LogP contribution is 2.23. The highest BCUT2D eigenvalue weighted by atomic mass is 32.1. The summed E-state index contributed by atoms with van der Waals surface area (Å²) in [5, 5.41) is 4.87. The summed E-state index contributed by atoms with van der Waals surface area (Å²) in [6.07, 6.45) is 7.99. The number of thiazole rings is 1. The summed E-state index contributed by atoms with van der Waals surface area (Å²) in [4.78, 5) is 21.9. The van der Waals surface area contributed by atoms with Gasteiger partial charge in [-0.25, -0.2) is 4.98 Å². The first kappa shape index (κ1) is 18.5. The van der Waals surface area contributed by atoms with Gasteiger partial charge in [0.25, 0.3) is 0 Å². The molecule has 3 heterocycles. The maximum absolute atomic E-state index is 12.3. The molecule has 0 fully saturated rings. The normalized spacial score (nSPS) is 11.7. The van der Waals surface area contributed by atoms with E-state index in [1.165, 1.54) is 10.4 Å².